The minimum Gasteiger partial charge on any atom is -3.00 e. The van der Waals surface area contributed by atoms with E-state index in [2.05, 4.69) is 0 Å². The van der Waals surface area contributed by atoms with Crippen molar-refractivity contribution in [1.82, 2.24) is 0 Å². The zero-order chi connectivity index (χ0) is 0. The first-order valence-corrected chi connectivity index (χ1v) is 0. The topological polar surface area (TPSA) is 61.0 Å². The van der Waals surface area contributed by atoms with E-state index in [4.69, 9.17) is 0 Å². The molecule has 0 N–H and O–H groups in total. The molecule has 0 heterocycles. The van der Waals surface area contributed by atoms with Crippen LogP contribution >= 0.6 is 0 Å². The van der Waals surface area contributed by atoms with E-state index in [1.165, 1.54) is 0 Å². The number of rotatable bonds is 0. The fraction of sp³-hybridized carbons (Fsp3) is 0. The molecule has 0 saturated heterocycles. The summed E-state index contributed by atoms with van der Waals surface area (Å²) in [4.78, 5) is 0. The smallest absolute Gasteiger partial charge is 3.00 e. The molecule has 2 nitrogen and oxygen atoms in total. The Kier molecular flexibility index (Phi) is 426. The van der Waals surface area contributed by atoms with Gasteiger partial charge >= 0.3 is 66.5 Å². The Bertz CT molecular complexity index is 7.61. The fourth-order valence-electron chi connectivity index (χ4n) is 0. The Morgan fingerprint density at radius 2 is 0.600 bits per heavy atom. The maximum Gasteiger partial charge on any atom is 4.00 e. The van der Waals surface area contributed by atoms with Gasteiger partial charge in [-0.1, -0.05) is 0 Å². The standard InChI is InChI=1S/2Ag.2N.Ti/q2*+1;2*-3;+4. The van der Waals surface area contributed by atoms with Crippen molar-refractivity contribution in [3.05, 3.63) is 12.3 Å². The molecule has 0 aromatic rings. The molecule has 0 radical (unpaired) electrons. The monoisotopic (exact) mass is 290 g/mol. The van der Waals surface area contributed by atoms with Gasteiger partial charge in [0.1, 0.15) is 0 Å². The molecule has 0 spiro atoms. The molecule has 0 bridgehead atoms. The first-order chi connectivity index (χ1) is 0. The third-order valence-corrected chi connectivity index (χ3v) is 0. The molecule has 0 aromatic heterocycles. The van der Waals surface area contributed by atoms with Crippen LogP contribution in [0.2, 0.25) is 0 Å². The van der Waals surface area contributed by atoms with Gasteiger partial charge in [0.05, 0.1) is 0 Å². The van der Waals surface area contributed by atoms with Gasteiger partial charge in [-0.05, 0) is 0 Å². The van der Waals surface area contributed by atoms with Crippen molar-refractivity contribution in [2.45, 2.75) is 0 Å². The minimum atomic E-state index is 0. The van der Waals surface area contributed by atoms with E-state index in [0.717, 1.165) is 0 Å². The maximum atomic E-state index is 0. The third-order valence-electron chi connectivity index (χ3n) is 0. The molecular weight excluding hydrogens is 292 g/mol. The van der Waals surface area contributed by atoms with E-state index >= 15 is 0 Å². The van der Waals surface area contributed by atoms with Crippen LogP contribution in [0.5, 0.6) is 0 Å². The average Bonchev–Trinajstić information content (AvgIpc) is 0. The Morgan fingerprint density at radius 1 is 0.600 bits per heavy atom. The normalized spacial score (nSPS) is 0. The van der Waals surface area contributed by atoms with Gasteiger partial charge in [0.15, 0.2) is 0 Å². The van der Waals surface area contributed by atoms with E-state index in [1.807, 2.05) is 0 Å². The summed E-state index contributed by atoms with van der Waals surface area (Å²) in [6.45, 7) is 0. The van der Waals surface area contributed by atoms with E-state index in [-0.39, 0.29) is 78.8 Å². The Morgan fingerprint density at radius 3 is 0.600 bits per heavy atom. The molecule has 36 valence electrons. The summed E-state index contributed by atoms with van der Waals surface area (Å²) >= 11 is 0. The molecule has 0 aliphatic rings. The fourth-order valence-corrected chi connectivity index (χ4v) is 0. The van der Waals surface area contributed by atoms with Gasteiger partial charge < -0.3 is 12.3 Å². The number of nitrogens with zero attached hydrogens (tertiary/aromatic N) is 2. The van der Waals surface area contributed by atoms with Crippen LogP contribution < -0.4 is 0 Å². The average molecular weight is 292 g/mol. The van der Waals surface area contributed by atoms with Gasteiger partial charge in [-0.3, -0.25) is 0 Å². The zero-order valence-electron chi connectivity index (χ0n) is 2.00. The summed E-state index contributed by atoms with van der Waals surface area (Å²) in [5.74, 6) is 0. The van der Waals surface area contributed by atoms with E-state index in [1.54, 1.807) is 0 Å². The molecular formula is Ag2N2Ti. The summed E-state index contributed by atoms with van der Waals surface area (Å²) in [7, 11) is 0. The van der Waals surface area contributed by atoms with Gasteiger partial charge in [0.25, 0.3) is 0 Å². The van der Waals surface area contributed by atoms with Crippen LogP contribution in [0.15, 0.2) is 0 Å². The van der Waals surface area contributed by atoms with Crippen LogP contribution in [0.1, 0.15) is 0 Å². The molecule has 0 fully saturated rings. The summed E-state index contributed by atoms with van der Waals surface area (Å²) in [6.07, 6.45) is 0. The second-order valence-corrected chi connectivity index (χ2v) is 0. The number of hydrogen-bond acceptors (Lipinski definition) is 0. The second-order valence-electron chi connectivity index (χ2n) is 0. The Balaban J connectivity index is 0. The molecule has 0 unspecified atom stereocenters. The predicted octanol–water partition coefficient (Wildman–Crippen LogP) is 0.570. The largest absolute Gasteiger partial charge is 4.00 e. The Hall–Kier alpha value is 2.11. The van der Waals surface area contributed by atoms with Crippen LogP contribution in [-0.2, 0) is 66.5 Å². The van der Waals surface area contributed by atoms with E-state index in [0.29, 0.717) is 0 Å². The summed E-state index contributed by atoms with van der Waals surface area (Å²) in [5.41, 5.74) is 0. The second kappa shape index (κ2) is 35.8. The van der Waals surface area contributed by atoms with Crippen LogP contribution in [0.4, 0.5) is 0 Å². The van der Waals surface area contributed by atoms with Crippen molar-refractivity contribution < 1.29 is 66.5 Å². The molecule has 0 aromatic carbocycles. The van der Waals surface area contributed by atoms with Crippen molar-refractivity contribution >= 4 is 0 Å². The summed E-state index contributed by atoms with van der Waals surface area (Å²) in [5, 5.41) is 0. The minimum absolute atomic E-state index is 0. The Labute approximate surface area is 77.9 Å². The van der Waals surface area contributed by atoms with Gasteiger partial charge in [-0.15, -0.1) is 0 Å². The molecule has 0 aliphatic heterocycles. The molecule has 5 heavy (non-hydrogen) atoms. The van der Waals surface area contributed by atoms with Gasteiger partial charge in [-0.25, -0.2) is 0 Å². The van der Waals surface area contributed by atoms with Gasteiger partial charge in [0.2, 0.25) is 0 Å². The van der Waals surface area contributed by atoms with Crippen LogP contribution in [0.25, 0.3) is 12.3 Å². The third kappa shape index (κ3) is 23.1. The van der Waals surface area contributed by atoms with Gasteiger partial charge in [0, 0.05) is 0 Å². The molecule has 0 rings (SSSR count). The first-order valence-electron chi connectivity index (χ1n) is 0. The molecule has 0 saturated carbocycles. The predicted molar refractivity (Wildman–Crippen MR) is 6.72 cm³/mol. The van der Waals surface area contributed by atoms with Crippen molar-refractivity contribution in [1.29, 1.82) is 0 Å². The summed E-state index contributed by atoms with van der Waals surface area (Å²) < 4.78 is 0. The van der Waals surface area contributed by atoms with Gasteiger partial charge in [-0.2, -0.15) is 0 Å². The molecule has 0 aliphatic carbocycles. The van der Waals surface area contributed by atoms with Crippen LogP contribution in [-0.4, -0.2) is 0 Å². The number of hydrogen-bond donors (Lipinski definition) is 0. The molecule has 0 atom stereocenters. The van der Waals surface area contributed by atoms with Crippen molar-refractivity contribution in [2.75, 3.05) is 0 Å². The zero-order valence-corrected chi connectivity index (χ0v) is 6.52. The molecule has 0 amide bonds. The van der Waals surface area contributed by atoms with Crippen molar-refractivity contribution in [2.24, 2.45) is 0 Å². The summed E-state index contributed by atoms with van der Waals surface area (Å²) in [6, 6.07) is 0. The van der Waals surface area contributed by atoms with Crippen molar-refractivity contribution in [3.8, 4) is 0 Å². The molecule has 5 heteroatoms. The maximum absolute atomic E-state index is 0. The quantitative estimate of drug-likeness (QED) is 0.586. The SMILES string of the molecule is [Ag+].[Ag+].[N-3].[N-3].[Ti+4]. The van der Waals surface area contributed by atoms with Crippen LogP contribution in [0.3, 0.4) is 0 Å². The van der Waals surface area contributed by atoms with E-state index < -0.39 is 0 Å². The first kappa shape index (κ1) is 59.5. The van der Waals surface area contributed by atoms with E-state index in [9.17, 15) is 0 Å². The van der Waals surface area contributed by atoms with Crippen molar-refractivity contribution in [3.63, 3.8) is 0 Å². The van der Waals surface area contributed by atoms with Crippen LogP contribution in [0, 0.1) is 0 Å².